The van der Waals surface area contributed by atoms with Gasteiger partial charge in [0.05, 0.1) is 5.69 Å². The highest BCUT2D eigenvalue weighted by Gasteiger charge is 2.17. The van der Waals surface area contributed by atoms with Crippen molar-refractivity contribution >= 4 is 28.4 Å². The van der Waals surface area contributed by atoms with Crippen molar-refractivity contribution in [2.24, 2.45) is 0 Å². The molecule has 0 radical (unpaired) electrons. The third-order valence-electron chi connectivity index (χ3n) is 5.39. The molecular formula is C21H28FN9. The molecule has 164 valence electrons. The van der Waals surface area contributed by atoms with Crippen molar-refractivity contribution in [3.8, 4) is 11.3 Å². The number of nitrogens with two attached hydrogens (primary N) is 2. The Bertz CT molecular complexity index is 1220. The van der Waals surface area contributed by atoms with E-state index >= 15 is 0 Å². The number of likely N-dealkylation sites (tertiary alicyclic amines) is 1. The van der Waals surface area contributed by atoms with Gasteiger partial charge < -0.3 is 20.9 Å². The number of halogens is 1. The van der Waals surface area contributed by atoms with Crippen LogP contribution in [-0.2, 0) is 0 Å². The van der Waals surface area contributed by atoms with E-state index in [1.165, 1.54) is 0 Å². The zero-order valence-electron chi connectivity index (χ0n) is 18.2. The first kappa shape index (κ1) is 21.0. The van der Waals surface area contributed by atoms with Gasteiger partial charge in [0.2, 0.25) is 5.95 Å². The molecule has 10 heteroatoms. The van der Waals surface area contributed by atoms with E-state index in [1.54, 1.807) is 10.7 Å². The Balaban J connectivity index is 0.000000282. The lowest BCUT2D eigenvalue weighted by Crippen LogP contribution is -2.13. The Morgan fingerprint density at radius 3 is 2.52 bits per heavy atom. The molecule has 5 heterocycles. The molecule has 0 unspecified atom stereocenters. The molecule has 1 aliphatic heterocycles. The minimum atomic E-state index is -0.551. The molecule has 1 fully saturated rings. The number of imidazole rings is 1. The highest BCUT2D eigenvalue weighted by Crippen LogP contribution is 2.29. The van der Waals surface area contributed by atoms with Gasteiger partial charge in [-0.2, -0.15) is 4.98 Å². The number of aryl methyl sites for hydroxylation is 1. The van der Waals surface area contributed by atoms with Crippen molar-refractivity contribution in [1.29, 1.82) is 0 Å². The van der Waals surface area contributed by atoms with Gasteiger partial charge in [0.15, 0.2) is 11.5 Å². The highest BCUT2D eigenvalue weighted by molar-refractivity contribution is 5.88. The first-order valence-corrected chi connectivity index (χ1v) is 10.3. The van der Waals surface area contributed by atoms with Crippen LogP contribution >= 0.6 is 0 Å². The van der Waals surface area contributed by atoms with Gasteiger partial charge in [-0.15, -0.1) is 5.10 Å². The van der Waals surface area contributed by atoms with Crippen molar-refractivity contribution < 1.29 is 4.39 Å². The predicted molar refractivity (Wildman–Crippen MR) is 120 cm³/mol. The van der Waals surface area contributed by atoms with Crippen LogP contribution in [0.25, 0.3) is 27.9 Å². The predicted octanol–water partition coefficient (Wildman–Crippen LogP) is 2.85. The minimum absolute atomic E-state index is 0.138. The summed E-state index contributed by atoms with van der Waals surface area (Å²) in [6.07, 6.45) is 1.98. The molecule has 0 spiro atoms. The largest absolute Gasteiger partial charge is 0.382 e. The molecule has 4 N–H and O–H groups in total. The number of rotatable bonds is 2. The number of fused-ring (bicyclic) bond motifs is 2. The molecule has 4 aromatic heterocycles. The number of nitrogen functional groups attached to an aromatic ring is 2. The maximum absolute atomic E-state index is 12.1. The lowest BCUT2D eigenvalue weighted by atomic mass is 10.2. The van der Waals surface area contributed by atoms with E-state index < -0.39 is 6.17 Å². The molecule has 0 aliphatic carbocycles. The first-order chi connectivity index (χ1) is 14.7. The fourth-order valence-corrected chi connectivity index (χ4v) is 4.01. The zero-order valence-corrected chi connectivity index (χ0v) is 18.2. The molecule has 1 saturated heterocycles. The van der Waals surface area contributed by atoms with Gasteiger partial charge in [0.25, 0.3) is 0 Å². The standard InChI is InChI=1S/C16H18N8.C5H10FN/c1-8(2)24-9(3)19-12-5-4-11(20-15(12)24)10-6-7-23-13(10)14(17)21-16(18)22-23;1-7-3-2-5(6)4-7/h4-8H,1-3H3,(H4,17,18,21,22);5H,2-4H2,1H3/t;5-/m.1/s1. The fourth-order valence-electron chi connectivity index (χ4n) is 4.01. The lowest BCUT2D eigenvalue weighted by Gasteiger charge is -2.10. The summed E-state index contributed by atoms with van der Waals surface area (Å²) < 4.78 is 15.9. The normalized spacial score (nSPS) is 16.9. The minimum Gasteiger partial charge on any atom is -0.382 e. The molecule has 4 aromatic rings. The molecule has 5 rings (SSSR count). The van der Waals surface area contributed by atoms with Gasteiger partial charge >= 0.3 is 0 Å². The van der Waals surface area contributed by atoms with Crippen LogP contribution in [0, 0.1) is 6.92 Å². The van der Waals surface area contributed by atoms with Gasteiger partial charge in [-0.05, 0) is 52.4 Å². The van der Waals surface area contributed by atoms with Crippen LogP contribution in [0.1, 0.15) is 32.1 Å². The summed E-state index contributed by atoms with van der Waals surface area (Å²) >= 11 is 0. The van der Waals surface area contributed by atoms with Crippen LogP contribution in [0.3, 0.4) is 0 Å². The third kappa shape index (κ3) is 4.02. The molecular weight excluding hydrogens is 397 g/mol. The van der Waals surface area contributed by atoms with E-state index in [1.807, 2.05) is 37.1 Å². The van der Waals surface area contributed by atoms with Gasteiger partial charge in [0, 0.05) is 30.9 Å². The van der Waals surface area contributed by atoms with Gasteiger partial charge in [0.1, 0.15) is 23.0 Å². The number of pyridine rings is 1. The Morgan fingerprint density at radius 1 is 1.13 bits per heavy atom. The second-order valence-electron chi connectivity index (χ2n) is 8.19. The smallest absolute Gasteiger partial charge is 0.240 e. The fraction of sp³-hybridized carbons (Fsp3) is 0.429. The van der Waals surface area contributed by atoms with Crippen molar-refractivity contribution in [3.05, 3.63) is 30.2 Å². The van der Waals surface area contributed by atoms with Crippen molar-refractivity contribution in [2.75, 3.05) is 31.6 Å². The molecule has 0 aromatic carbocycles. The number of alkyl halides is 1. The highest BCUT2D eigenvalue weighted by atomic mass is 19.1. The zero-order chi connectivity index (χ0) is 22.3. The number of nitrogens with zero attached hydrogens (tertiary/aromatic N) is 7. The maximum Gasteiger partial charge on any atom is 0.240 e. The number of anilines is 2. The van der Waals surface area contributed by atoms with E-state index in [0.717, 1.165) is 41.2 Å². The summed E-state index contributed by atoms with van der Waals surface area (Å²) in [7, 11) is 1.94. The Hall–Kier alpha value is -3.27. The van der Waals surface area contributed by atoms with Gasteiger partial charge in [-0.25, -0.2) is 18.9 Å². The average Bonchev–Trinajstić information content (AvgIpc) is 3.37. The quantitative estimate of drug-likeness (QED) is 0.507. The van der Waals surface area contributed by atoms with Crippen LogP contribution in [0.15, 0.2) is 24.4 Å². The SMILES string of the molecule is CN1CC[C@@H](F)C1.Cc1nc2ccc(-c3ccn4nc(N)nc(N)c34)nc2n1C(C)C. The Kier molecular flexibility index (Phi) is 5.48. The maximum atomic E-state index is 12.1. The van der Waals surface area contributed by atoms with Crippen LogP contribution in [0.2, 0.25) is 0 Å². The summed E-state index contributed by atoms with van der Waals surface area (Å²) in [4.78, 5) is 15.5. The molecule has 1 atom stereocenters. The molecule has 0 bridgehead atoms. The van der Waals surface area contributed by atoms with Crippen LogP contribution < -0.4 is 11.5 Å². The van der Waals surface area contributed by atoms with Gasteiger partial charge in [-0.3, -0.25) is 0 Å². The van der Waals surface area contributed by atoms with E-state index in [4.69, 9.17) is 16.5 Å². The second-order valence-corrected chi connectivity index (χ2v) is 8.19. The van der Waals surface area contributed by atoms with E-state index in [-0.39, 0.29) is 12.0 Å². The van der Waals surface area contributed by atoms with E-state index in [2.05, 4.69) is 33.5 Å². The lowest BCUT2D eigenvalue weighted by molar-refractivity contribution is 0.321. The molecule has 31 heavy (non-hydrogen) atoms. The topological polar surface area (TPSA) is 116 Å². The molecule has 0 amide bonds. The van der Waals surface area contributed by atoms with Crippen LogP contribution in [0.5, 0.6) is 0 Å². The van der Waals surface area contributed by atoms with Gasteiger partial charge in [-0.1, -0.05) is 0 Å². The van der Waals surface area contributed by atoms with Crippen molar-refractivity contribution in [1.82, 2.24) is 34.0 Å². The molecule has 0 saturated carbocycles. The monoisotopic (exact) mass is 425 g/mol. The molecule has 1 aliphatic rings. The molecule has 9 nitrogen and oxygen atoms in total. The summed E-state index contributed by atoms with van der Waals surface area (Å²) in [5, 5.41) is 4.15. The van der Waals surface area contributed by atoms with E-state index in [0.29, 0.717) is 17.9 Å². The summed E-state index contributed by atoms with van der Waals surface area (Å²) in [6, 6.07) is 6.10. The Labute approximate surface area is 179 Å². The van der Waals surface area contributed by atoms with Crippen LogP contribution in [0.4, 0.5) is 16.2 Å². The van der Waals surface area contributed by atoms with Crippen LogP contribution in [-0.4, -0.2) is 60.3 Å². The average molecular weight is 426 g/mol. The summed E-state index contributed by atoms with van der Waals surface area (Å²) in [5.41, 5.74) is 15.8. The summed E-state index contributed by atoms with van der Waals surface area (Å²) in [6.45, 7) is 7.79. The third-order valence-corrected chi connectivity index (χ3v) is 5.39. The number of hydrogen-bond donors (Lipinski definition) is 2. The first-order valence-electron chi connectivity index (χ1n) is 10.3. The number of aromatic nitrogens is 6. The van der Waals surface area contributed by atoms with Crippen molar-refractivity contribution in [3.63, 3.8) is 0 Å². The summed E-state index contributed by atoms with van der Waals surface area (Å²) in [5.74, 6) is 1.42. The van der Waals surface area contributed by atoms with E-state index in [9.17, 15) is 4.39 Å². The van der Waals surface area contributed by atoms with Crippen molar-refractivity contribution in [2.45, 2.75) is 39.4 Å². The number of hydrogen-bond acceptors (Lipinski definition) is 7. The Morgan fingerprint density at radius 2 is 1.90 bits per heavy atom. The second kappa shape index (κ2) is 8.10.